The number of carbonyl (C=O) groups excluding carboxylic acids is 1. The van der Waals surface area contributed by atoms with Crippen LogP contribution in [0.2, 0.25) is 10.0 Å². The fourth-order valence-corrected chi connectivity index (χ4v) is 4.04. The number of aromatic nitrogens is 4. The number of amides is 1. The molecule has 1 amide bonds. The molecular formula is C19H17Cl2N5O3S. The maximum absolute atomic E-state index is 12.5. The first-order valence-electron chi connectivity index (χ1n) is 8.98. The number of rotatable bonds is 5. The Labute approximate surface area is 186 Å². The second kappa shape index (κ2) is 8.71. The number of anilines is 1. The molecule has 1 aliphatic rings. The van der Waals surface area contributed by atoms with Gasteiger partial charge >= 0.3 is 0 Å². The molecule has 1 aliphatic heterocycles. The largest absolute Gasteiger partial charge is 0.485 e. The van der Waals surface area contributed by atoms with Crippen molar-refractivity contribution in [2.45, 2.75) is 23.4 Å². The highest BCUT2D eigenvalue weighted by molar-refractivity contribution is 8.00. The van der Waals surface area contributed by atoms with Crippen molar-refractivity contribution in [1.29, 1.82) is 0 Å². The minimum absolute atomic E-state index is 0.253. The first-order valence-corrected chi connectivity index (χ1v) is 10.6. The summed E-state index contributed by atoms with van der Waals surface area (Å²) in [6, 6.07) is 8.98. The third-order valence-electron chi connectivity index (χ3n) is 4.37. The Morgan fingerprint density at radius 3 is 2.83 bits per heavy atom. The summed E-state index contributed by atoms with van der Waals surface area (Å²) in [5.74, 6) is 1.95. The van der Waals surface area contributed by atoms with Crippen LogP contribution in [0.5, 0.6) is 11.5 Å². The summed E-state index contributed by atoms with van der Waals surface area (Å²) in [5, 5.41) is 11.9. The lowest BCUT2D eigenvalue weighted by atomic mass is 10.2. The van der Waals surface area contributed by atoms with Crippen molar-refractivity contribution in [3.63, 3.8) is 0 Å². The highest BCUT2D eigenvalue weighted by atomic mass is 35.5. The number of hydrogen-bond donors (Lipinski definition) is 1. The van der Waals surface area contributed by atoms with Crippen LogP contribution in [0.1, 0.15) is 18.9 Å². The maximum Gasteiger partial charge on any atom is 0.238 e. The normalized spacial score (nSPS) is 16.2. The molecule has 3 heterocycles. The predicted octanol–water partition coefficient (Wildman–Crippen LogP) is 4.15. The van der Waals surface area contributed by atoms with E-state index in [9.17, 15) is 4.79 Å². The van der Waals surface area contributed by atoms with Gasteiger partial charge in [-0.05, 0) is 25.1 Å². The molecule has 1 N–H and O–H groups in total. The average molecular weight is 466 g/mol. The molecule has 156 valence electrons. The van der Waals surface area contributed by atoms with Gasteiger partial charge in [-0.2, -0.15) is 0 Å². The van der Waals surface area contributed by atoms with Gasteiger partial charge in [0.25, 0.3) is 0 Å². The molecule has 2 atom stereocenters. The van der Waals surface area contributed by atoms with Crippen LogP contribution in [0.4, 0.5) is 5.82 Å². The number of thioether (sulfide) groups is 1. The van der Waals surface area contributed by atoms with E-state index in [1.807, 2.05) is 31.3 Å². The highest BCUT2D eigenvalue weighted by Crippen LogP contribution is 2.36. The zero-order chi connectivity index (χ0) is 21.3. The minimum Gasteiger partial charge on any atom is -0.485 e. The molecule has 0 unspecified atom stereocenters. The fraction of sp³-hybridized carbons (Fsp3) is 0.263. The van der Waals surface area contributed by atoms with E-state index < -0.39 is 11.4 Å². The van der Waals surface area contributed by atoms with Crippen molar-refractivity contribution in [2.24, 2.45) is 7.05 Å². The van der Waals surface area contributed by atoms with Crippen molar-refractivity contribution in [1.82, 2.24) is 19.7 Å². The smallest absolute Gasteiger partial charge is 0.238 e. The number of benzene rings is 1. The molecule has 0 bridgehead atoms. The lowest BCUT2D eigenvalue weighted by molar-refractivity contribution is -0.115. The summed E-state index contributed by atoms with van der Waals surface area (Å²) in [6.45, 7) is 2.08. The Kier molecular flexibility index (Phi) is 6.03. The second-order valence-electron chi connectivity index (χ2n) is 6.50. The van der Waals surface area contributed by atoms with Crippen LogP contribution in [0.3, 0.4) is 0 Å². The molecule has 0 radical (unpaired) electrons. The van der Waals surface area contributed by atoms with E-state index in [-0.39, 0.29) is 16.7 Å². The number of hydrogen-bond acceptors (Lipinski definition) is 7. The van der Waals surface area contributed by atoms with Gasteiger partial charge in [0.1, 0.15) is 6.61 Å². The lowest BCUT2D eigenvalue weighted by Gasteiger charge is -2.25. The monoisotopic (exact) mass is 465 g/mol. The van der Waals surface area contributed by atoms with Crippen LogP contribution in [0.25, 0.3) is 0 Å². The summed E-state index contributed by atoms with van der Waals surface area (Å²) < 4.78 is 13.5. The summed E-state index contributed by atoms with van der Waals surface area (Å²) in [7, 11) is 1.82. The topological polar surface area (TPSA) is 91.2 Å². The fourth-order valence-electron chi connectivity index (χ4n) is 2.79. The van der Waals surface area contributed by atoms with Gasteiger partial charge in [0.15, 0.2) is 34.4 Å². The molecule has 30 heavy (non-hydrogen) atoms. The molecule has 3 aromatic rings. The van der Waals surface area contributed by atoms with Gasteiger partial charge in [-0.1, -0.05) is 47.1 Å². The molecular weight excluding hydrogens is 449 g/mol. The van der Waals surface area contributed by atoms with Crippen molar-refractivity contribution >= 4 is 46.7 Å². The summed E-state index contributed by atoms with van der Waals surface area (Å²) >= 11 is 13.2. The van der Waals surface area contributed by atoms with Gasteiger partial charge in [-0.25, -0.2) is 4.98 Å². The van der Waals surface area contributed by atoms with E-state index in [2.05, 4.69) is 20.5 Å². The third kappa shape index (κ3) is 4.33. The molecule has 8 nitrogen and oxygen atoms in total. The Hall–Kier alpha value is -2.49. The number of nitrogens with one attached hydrogen (secondary N) is 1. The third-order valence-corrected chi connectivity index (χ3v) is 5.99. The summed E-state index contributed by atoms with van der Waals surface area (Å²) in [4.78, 5) is 16.6. The number of nitrogens with zero attached hydrogens (tertiary/aromatic N) is 4. The van der Waals surface area contributed by atoms with Gasteiger partial charge in [-0.15, -0.1) is 10.2 Å². The zero-order valence-corrected chi connectivity index (χ0v) is 18.3. The number of halogens is 2. The lowest BCUT2D eigenvalue weighted by Crippen LogP contribution is -2.25. The highest BCUT2D eigenvalue weighted by Gasteiger charge is 2.28. The molecule has 4 rings (SSSR count). The van der Waals surface area contributed by atoms with Crippen molar-refractivity contribution in [3.8, 4) is 11.5 Å². The minimum atomic E-state index is -0.474. The van der Waals surface area contributed by atoms with Gasteiger partial charge < -0.3 is 19.4 Å². The molecule has 0 saturated heterocycles. The van der Waals surface area contributed by atoms with Gasteiger partial charge in [0, 0.05) is 13.2 Å². The van der Waals surface area contributed by atoms with Gasteiger partial charge in [-0.3, -0.25) is 4.79 Å². The van der Waals surface area contributed by atoms with Gasteiger partial charge in [0.2, 0.25) is 5.91 Å². The van der Waals surface area contributed by atoms with Crippen LogP contribution in [0.15, 0.2) is 41.7 Å². The molecule has 0 aliphatic carbocycles. The van der Waals surface area contributed by atoms with E-state index in [0.29, 0.717) is 34.1 Å². The SMILES string of the molecule is C[C@@H](Sc1nnc([C@H]2COc3ccccc3O2)n1C)C(=O)Nc1ncc(Cl)cc1Cl. The Balaban J connectivity index is 1.43. The van der Waals surface area contributed by atoms with Crippen molar-refractivity contribution in [3.05, 3.63) is 52.4 Å². The Morgan fingerprint density at radius 2 is 2.07 bits per heavy atom. The van der Waals surface area contributed by atoms with Crippen LogP contribution in [0, 0.1) is 0 Å². The number of ether oxygens (including phenoxy) is 2. The number of fused-ring (bicyclic) bond motifs is 1. The first-order chi connectivity index (χ1) is 14.4. The molecule has 0 fully saturated rings. The Morgan fingerprint density at radius 1 is 1.30 bits per heavy atom. The van der Waals surface area contributed by atoms with E-state index >= 15 is 0 Å². The maximum atomic E-state index is 12.5. The van der Waals surface area contributed by atoms with Gasteiger partial charge in [0.05, 0.1) is 15.3 Å². The van der Waals surface area contributed by atoms with Crippen LogP contribution >= 0.6 is 35.0 Å². The van der Waals surface area contributed by atoms with E-state index in [1.165, 1.54) is 24.0 Å². The molecule has 1 aromatic carbocycles. The Bertz CT molecular complexity index is 1090. The molecule has 0 spiro atoms. The van der Waals surface area contributed by atoms with E-state index in [0.717, 1.165) is 0 Å². The first kappa shape index (κ1) is 20.8. The summed E-state index contributed by atoms with van der Waals surface area (Å²) in [6.07, 6.45) is 1.02. The van der Waals surface area contributed by atoms with E-state index in [4.69, 9.17) is 32.7 Å². The number of carbonyl (C=O) groups is 1. The van der Waals surface area contributed by atoms with E-state index in [1.54, 1.807) is 11.5 Å². The number of para-hydroxylation sites is 2. The molecule has 2 aromatic heterocycles. The van der Waals surface area contributed by atoms with Crippen LogP contribution in [-0.4, -0.2) is 37.5 Å². The average Bonchev–Trinajstić information content (AvgIpc) is 3.09. The van der Waals surface area contributed by atoms with Crippen molar-refractivity contribution in [2.75, 3.05) is 11.9 Å². The number of pyridine rings is 1. The summed E-state index contributed by atoms with van der Waals surface area (Å²) in [5.41, 5.74) is 0. The van der Waals surface area contributed by atoms with Crippen LogP contribution < -0.4 is 14.8 Å². The zero-order valence-electron chi connectivity index (χ0n) is 16.0. The second-order valence-corrected chi connectivity index (χ2v) is 8.65. The predicted molar refractivity (Wildman–Crippen MR) is 115 cm³/mol. The molecule has 0 saturated carbocycles. The quantitative estimate of drug-likeness (QED) is 0.565. The molecule has 11 heteroatoms. The van der Waals surface area contributed by atoms with Crippen molar-refractivity contribution < 1.29 is 14.3 Å². The van der Waals surface area contributed by atoms with Crippen LogP contribution in [-0.2, 0) is 11.8 Å². The standard InChI is InChI=1S/C19H17Cl2N5O3S/c1-10(18(27)23-16-12(21)7-11(20)8-22-16)30-19-25-24-17(26(19)2)15-9-28-13-5-3-4-6-14(13)29-15/h3-8,10,15H,9H2,1-2H3,(H,22,23,27)/t10-,15-/m1/s1.